The standard InChI is InChI=1S/C15H19ClN4O/c1-9(2)14-19-18-13(20(14)4)8-17-15(21)12-6-5-11(16)7-10(12)3/h5-7,9H,8H2,1-4H3,(H,17,21). The van der Waals surface area contributed by atoms with E-state index < -0.39 is 0 Å². The molecule has 0 radical (unpaired) electrons. The van der Waals surface area contributed by atoms with Crippen LogP contribution in [0.5, 0.6) is 0 Å². The van der Waals surface area contributed by atoms with Gasteiger partial charge in [-0.2, -0.15) is 0 Å². The monoisotopic (exact) mass is 306 g/mol. The van der Waals surface area contributed by atoms with E-state index in [1.807, 2.05) is 18.5 Å². The van der Waals surface area contributed by atoms with Crippen LogP contribution in [0, 0.1) is 6.92 Å². The van der Waals surface area contributed by atoms with Crippen LogP contribution in [0.15, 0.2) is 18.2 Å². The first kappa shape index (κ1) is 15.5. The molecule has 2 aromatic rings. The summed E-state index contributed by atoms with van der Waals surface area (Å²) in [6.45, 7) is 6.32. The van der Waals surface area contributed by atoms with Crippen molar-refractivity contribution in [3.05, 3.63) is 46.0 Å². The van der Waals surface area contributed by atoms with Gasteiger partial charge in [0.25, 0.3) is 5.91 Å². The average Bonchev–Trinajstić information content (AvgIpc) is 2.77. The normalized spacial score (nSPS) is 11.0. The van der Waals surface area contributed by atoms with Crippen LogP contribution < -0.4 is 5.32 Å². The summed E-state index contributed by atoms with van der Waals surface area (Å²) in [4.78, 5) is 12.2. The lowest BCUT2D eigenvalue weighted by Gasteiger charge is -2.09. The van der Waals surface area contributed by atoms with Gasteiger partial charge in [0, 0.05) is 23.6 Å². The third kappa shape index (κ3) is 3.42. The van der Waals surface area contributed by atoms with E-state index >= 15 is 0 Å². The topological polar surface area (TPSA) is 59.8 Å². The van der Waals surface area contributed by atoms with Crippen LogP contribution in [0.25, 0.3) is 0 Å². The number of carbonyl (C=O) groups is 1. The fourth-order valence-corrected chi connectivity index (χ4v) is 2.40. The number of nitrogens with one attached hydrogen (secondary N) is 1. The molecule has 1 aromatic heterocycles. The van der Waals surface area contributed by atoms with Crippen molar-refractivity contribution in [2.75, 3.05) is 0 Å². The van der Waals surface area contributed by atoms with Gasteiger partial charge in [-0.1, -0.05) is 25.4 Å². The van der Waals surface area contributed by atoms with Crippen LogP contribution in [-0.4, -0.2) is 20.7 Å². The number of aromatic nitrogens is 3. The molecule has 0 aliphatic carbocycles. The van der Waals surface area contributed by atoms with Crippen molar-refractivity contribution in [3.8, 4) is 0 Å². The number of aryl methyl sites for hydroxylation is 1. The molecule has 0 saturated carbocycles. The van der Waals surface area contributed by atoms with E-state index in [4.69, 9.17) is 11.6 Å². The molecule has 5 nitrogen and oxygen atoms in total. The van der Waals surface area contributed by atoms with Gasteiger partial charge in [-0.05, 0) is 30.7 Å². The predicted molar refractivity (Wildman–Crippen MR) is 82.5 cm³/mol. The van der Waals surface area contributed by atoms with E-state index in [9.17, 15) is 4.79 Å². The Morgan fingerprint density at radius 2 is 2.10 bits per heavy atom. The van der Waals surface area contributed by atoms with Gasteiger partial charge in [-0.25, -0.2) is 0 Å². The van der Waals surface area contributed by atoms with Gasteiger partial charge >= 0.3 is 0 Å². The summed E-state index contributed by atoms with van der Waals surface area (Å²) < 4.78 is 1.92. The van der Waals surface area contributed by atoms with Gasteiger partial charge in [0.1, 0.15) is 5.82 Å². The molecule has 6 heteroatoms. The summed E-state index contributed by atoms with van der Waals surface area (Å²) in [5.41, 5.74) is 1.46. The lowest BCUT2D eigenvalue weighted by atomic mass is 10.1. The SMILES string of the molecule is Cc1cc(Cl)ccc1C(=O)NCc1nnc(C(C)C)n1C. The van der Waals surface area contributed by atoms with Crippen molar-refractivity contribution in [1.29, 1.82) is 0 Å². The second-order valence-electron chi connectivity index (χ2n) is 5.33. The number of hydrogen-bond acceptors (Lipinski definition) is 3. The first-order chi connectivity index (χ1) is 9.90. The van der Waals surface area contributed by atoms with Crippen LogP contribution in [0.3, 0.4) is 0 Å². The van der Waals surface area contributed by atoms with E-state index in [0.29, 0.717) is 23.0 Å². The highest BCUT2D eigenvalue weighted by Gasteiger charge is 2.14. The van der Waals surface area contributed by atoms with Crippen molar-refractivity contribution in [2.45, 2.75) is 33.2 Å². The molecule has 112 valence electrons. The Morgan fingerprint density at radius 3 is 2.67 bits per heavy atom. The fraction of sp³-hybridized carbons (Fsp3) is 0.400. The maximum absolute atomic E-state index is 12.2. The Morgan fingerprint density at radius 1 is 1.38 bits per heavy atom. The van der Waals surface area contributed by atoms with Crippen LogP contribution in [-0.2, 0) is 13.6 Å². The molecule has 2 rings (SSSR count). The van der Waals surface area contributed by atoms with Gasteiger partial charge in [0.2, 0.25) is 0 Å². The number of amides is 1. The van der Waals surface area contributed by atoms with E-state index in [0.717, 1.165) is 17.2 Å². The maximum atomic E-state index is 12.2. The van der Waals surface area contributed by atoms with E-state index in [1.165, 1.54) is 0 Å². The summed E-state index contributed by atoms with van der Waals surface area (Å²) in [6, 6.07) is 5.21. The summed E-state index contributed by atoms with van der Waals surface area (Å²) in [6.07, 6.45) is 0. The summed E-state index contributed by atoms with van der Waals surface area (Å²) in [5, 5.41) is 11.7. The Labute approximate surface area is 129 Å². The zero-order valence-corrected chi connectivity index (χ0v) is 13.4. The molecule has 21 heavy (non-hydrogen) atoms. The molecule has 1 aromatic carbocycles. The highest BCUT2D eigenvalue weighted by molar-refractivity contribution is 6.30. The quantitative estimate of drug-likeness (QED) is 0.945. The predicted octanol–water partition coefficient (Wildman–Crippen LogP) is 2.83. The summed E-state index contributed by atoms with van der Waals surface area (Å²) in [5.74, 6) is 1.80. The van der Waals surface area contributed by atoms with Crippen LogP contribution in [0.1, 0.15) is 47.3 Å². The molecule has 0 saturated heterocycles. The lowest BCUT2D eigenvalue weighted by molar-refractivity contribution is 0.0949. The van der Waals surface area contributed by atoms with Gasteiger partial charge < -0.3 is 9.88 Å². The highest BCUT2D eigenvalue weighted by atomic mass is 35.5. The fourth-order valence-electron chi connectivity index (χ4n) is 2.17. The Hall–Kier alpha value is -1.88. The van der Waals surface area contributed by atoms with Crippen molar-refractivity contribution in [1.82, 2.24) is 20.1 Å². The smallest absolute Gasteiger partial charge is 0.251 e. The molecule has 0 unspecified atom stereocenters. The second kappa shape index (κ2) is 6.26. The molecule has 0 spiro atoms. The molecule has 0 fully saturated rings. The molecule has 0 aliphatic rings. The first-order valence-electron chi connectivity index (χ1n) is 6.82. The van der Waals surface area contributed by atoms with E-state index in [-0.39, 0.29) is 5.91 Å². The first-order valence-corrected chi connectivity index (χ1v) is 7.20. The largest absolute Gasteiger partial charge is 0.345 e. The second-order valence-corrected chi connectivity index (χ2v) is 5.77. The Bertz CT molecular complexity index is 664. The van der Waals surface area contributed by atoms with Crippen LogP contribution in [0.2, 0.25) is 5.02 Å². The number of halogens is 1. The molecule has 1 amide bonds. The van der Waals surface area contributed by atoms with Gasteiger partial charge in [0.05, 0.1) is 6.54 Å². The number of benzene rings is 1. The average molecular weight is 307 g/mol. The number of nitrogens with zero attached hydrogens (tertiary/aromatic N) is 3. The van der Waals surface area contributed by atoms with Crippen molar-refractivity contribution in [2.24, 2.45) is 7.05 Å². The molecule has 0 aliphatic heterocycles. The summed E-state index contributed by atoms with van der Waals surface area (Å²) in [7, 11) is 1.91. The minimum Gasteiger partial charge on any atom is -0.345 e. The molecule has 0 bridgehead atoms. The minimum absolute atomic E-state index is 0.140. The minimum atomic E-state index is -0.140. The Kier molecular flexibility index (Phi) is 4.63. The molecular formula is C15H19ClN4O. The zero-order chi connectivity index (χ0) is 15.6. The number of carbonyl (C=O) groups excluding carboxylic acids is 1. The number of hydrogen-bond donors (Lipinski definition) is 1. The highest BCUT2D eigenvalue weighted by Crippen LogP contribution is 2.15. The maximum Gasteiger partial charge on any atom is 0.251 e. The Balaban J connectivity index is 2.08. The lowest BCUT2D eigenvalue weighted by Crippen LogP contribution is -2.25. The molecule has 0 atom stereocenters. The van der Waals surface area contributed by atoms with Crippen molar-refractivity contribution >= 4 is 17.5 Å². The van der Waals surface area contributed by atoms with Crippen LogP contribution >= 0.6 is 11.6 Å². The molecule has 1 N–H and O–H groups in total. The van der Waals surface area contributed by atoms with Crippen molar-refractivity contribution < 1.29 is 4.79 Å². The van der Waals surface area contributed by atoms with E-state index in [2.05, 4.69) is 29.4 Å². The molecule has 1 heterocycles. The number of rotatable bonds is 4. The third-order valence-corrected chi connectivity index (χ3v) is 3.59. The molecular weight excluding hydrogens is 288 g/mol. The third-order valence-electron chi connectivity index (χ3n) is 3.36. The van der Waals surface area contributed by atoms with E-state index in [1.54, 1.807) is 18.2 Å². The van der Waals surface area contributed by atoms with Crippen LogP contribution in [0.4, 0.5) is 0 Å². The van der Waals surface area contributed by atoms with Crippen molar-refractivity contribution in [3.63, 3.8) is 0 Å². The zero-order valence-electron chi connectivity index (χ0n) is 12.6. The van der Waals surface area contributed by atoms with Gasteiger partial charge in [-0.3, -0.25) is 4.79 Å². The summed E-state index contributed by atoms with van der Waals surface area (Å²) >= 11 is 5.89. The van der Waals surface area contributed by atoms with Gasteiger partial charge in [0.15, 0.2) is 5.82 Å². The van der Waals surface area contributed by atoms with Gasteiger partial charge in [-0.15, -0.1) is 10.2 Å².